The largest absolute Gasteiger partial charge is 0.504 e. The van der Waals surface area contributed by atoms with E-state index in [2.05, 4.69) is 0 Å². The monoisotopic (exact) mass is 342 g/mol. The molecule has 0 bridgehead atoms. The van der Waals surface area contributed by atoms with Gasteiger partial charge in [0.1, 0.15) is 24.4 Å². The van der Waals surface area contributed by atoms with Gasteiger partial charge in [-0.3, -0.25) is 4.79 Å². The third-order valence-electron chi connectivity index (χ3n) is 3.75. The lowest BCUT2D eigenvalue weighted by molar-refractivity contribution is -0.329. The summed E-state index contributed by atoms with van der Waals surface area (Å²) in [6.45, 7) is -0.796. The number of hydrogen-bond donors (Lipinski definition) is 7. The number of rotatable bonds is 4. The summed E-state index contributed by atoms with van der Waals surface area (Å²) in [7, 11) is 0. The van der Waals surface area contributed by atoms with Gasteiger partial charge in [0, 0.05) is 0 Å². The van der Waals surface area contributed by atoms with Crippen molar-refractivity contribution in [1.82, 2.24) is 0 Å². The van der Waals surface area contributed by atoms with Gasteiger partial charge >= 0.3 is 0 Å². The highest BCUT2D eigenvalue weighted by atomic mass is 16.7. The molecule has 1 aliphatic rings. The van der Waals surface area contributed by atoms with Crippen molar-refractivity contribution < 1.29 is 45.3 Å². The molecule has 0 aliphatic carbocycles. The number of carbonyl (C=O) groups excluding carboxylic acids is 1. The second-order valence-electron chi connectivity index (χ2n) is 5.41. The summed E-state index contributed by atoms with van der Waals surface area (Å²) in [5, 5.41) is 67.0. The molecule has 1 aromatic carbocycles. The van der Waals surface area contributed by atoms with Gasteiger partial charge in [-0.15, -0.1) is 0 Å². The molecule has 1 saturated heterocycles. The molecule has 2 rings (SSSR count). The average Bonchev–Trinajstić information content (AvgIpc) is 2.57. The first-order valence-corrected chi connectivity index (χ1v) is 7.00. The van der Waals surface area contributed by atoms with Crippen LogP contribution in [0.25, 0.3) is 6.08 Å². The van der Waals surface area contributed by atoms with Gasteiger partial charge in [0.15, 0.2) is 11.5 Å². The van der Waals surface area contributed by atoms with Crippen LogP contribution in [0, 0.1) is 0 Å². The fraction of sp³-hybridized carbons (Fsp3) is 0.400. The zero-order valence-electron chi connectivity index (χ0n) is 12.4. The Morgan fingerprint density at radius 3 is 2.42 bits per heavy atom. The molecule has 1 heterocycles. The zero-order chi connectivity index (χ0) is 18.1. The Balaban J connectivity index is 2.23. The molecule has 24 heavy (non-hydrogen) atoms. The first-order chi connectivity index (χ1) is 11.2. The minimum absolute atomic E-state index is 0.298. The summed E-state index contributed by atoms with van der Waals surface area (Å²) in [4.78, 5) is 12.2. The van der Waals surface area contributed by atoms with Crippen molar-refractivity contribution in [3.05, 3.63) is 29.8 Å². The van der Waals surface area contributed by atoms with Gasteiger partial charge in [0.05, 0.1) is 6.61 Å². The lowest BCUT2D eigenvalue weighted by atomic mass is 9.90. The fourth-order valence-electron chi connectivity index (χ4n) is 2.29. The van der Waals surface area contributed by atoms with E-state index in [4.69, 9.17) is 9.84 Å². The van der Waals surface area contributed by atoms with E-state index in [1.807, 2.05) is 0 Å². The third-order valence-corrected chi connectivity index (χ3v) is 3.75. The van der Waals surface area contributed by atoms with E-state index in [0.717, 1.165) is 12.1 Å². The van der Waals surface area contributed by atoms with Gasteiger partial charge in [-0.1, -0.05) is 12.1 Å². The number of aliphatic hydroxyl groups is 5. The van der Waals surface area contributed by atoms with Crippen molar-refractivity contribution in [3.8, 4) is 11.5 Å². The zero-order valence-corrected chi connectivity index (χ0v) is 12.4. The normalized spacial score (nSPS) is 33.7. The number of benzene rings is 1. The van der Waals surface area contributed by atoms with Gasteiger partial charge in [0.2, 0.25) is 5.78 Å². The Morgan fingerprint density at radius 2 is 1.83 bits per heavy atom. The minimum atomic E-state index is -2.86. The molecule has 9 heteroatoms. The van der Waals surface area contributed by atoms with Crippen LogP contribution in [-0.4, -0.2) is 78.3 Å². The Bertz CT molecular complexity index is 642. The summed E-state index contributed by atoms with van der Waals surface area (Å²) in [5.74, 6) is -4.78. The van der Waals surface area contributed by atoms with E-state index < -0.39 is 48.3 Å². The highest BCUT2D eigenvalue weighted by molar-refractivity contribution is 5.99. The van der Waals surface area contributed by atoms with Crippen molar-refractivity contribution in [3.63, 3.8) is 0 Å². The van der Waals surface area contributed by atoms with Crippen molar-refractivity contribution >= 4 is 11.9 Å². The SMILES string of the molecule is O=C(C=Cc1ccc(O)c(O)c1)[C@@]1(O)O[C@H](CO)[C@@H](O)[C@H](O)[C@H]1O. The molecule has 7 N–H and O–H groups in total. The van der Waals surface area contributed by atoms with E-state index in [0.29, 0.717) is 5.56 Å². The molecular formula is C15H18O9. The predicted octanol–water partition coefficient (Wildman–Crippen LogP) is -2.16. The van der Waals surface area contributed by atoms with Crippen molar-refractivity contribution in [1.29, 1.82) is 0 Å². The molecule has 0 amide bonds. The van der Waals surface area contributed by atoms with Crippen LogP contribution in [0.3, 0.4) is 0 Å². The molecule has 132 valence electrons. The van der Waals surface area contributed by atoms with E-state index in [1.165, 1.54) is 18.2 Å². The highest BCUT2D eigenvalue weighted by Crippen LogP contribution is 2.30. The molecule has 0 aromatic heterocycles. The number of carbonyl (C=O) groups is 1. The van der Waals surface area contributed by atoms with Crippen LogP contribution in [0.2, 0.25) is 0 Å². The first-order valence-electron chi connectivity index (χ1n) is 7.00. The quantitative estimate of drug-likeness (QED) is 0.238. The smallest absolute Gasteiger partial charge is 0.260 e. The average molecular weight is 342 g/mol. The van der Waals surface area contributed by atoms with E-state index >= 15 is 0 Å². The van der Waals surface area contributed by atoms with Crippen LogP contribution >= 0.6 is 0 Å². The van der Waals surface area contributed by atoms with Crippen LogP contribution in [0.15, 0.2) is 24.3 Å². The molecule has 0 saturated carbocycles. The van der Waals surface area contributed by atoms with Crippen LogP contribution in [0.1, 0.15) is 5.56 Å². The first kappa shape index (κ1) is 18.3. The van der Waals surface area contributed by atoms with Crippen molar-refractivity contribution in [2.75, 3.05) is 6.61 Å². The number of ether oxygens (including phenoxy) is 1. The highest BCUT2D eigenvalue weighted by Gasteiger charge is 2.56. The molecule has 1 aromatic rings. The lowest BCUT2D eigenvalue weighted by Gasteiger charge is -2.43. The number of aromatic hydroxyl groups is 2. The maximum atomic E-state index is 12.2. The Morgan fingerprint density at radius 1 is 1.17 bits per heavy atom. The number of aliphatic hydroxyl groups excluding tert-OH is 4. The van der Waals surface area contributed by atoms with Crippen molar-refractivity contribution in [2.24, 2.45) is 0 Å². The Labute approximate surface area is 136 Å². The molecule has 1 aliphatic heterocycles. The van der Waals surface area contributed by atoms with Crippen molar-refractivity contribution in [2.45, 2.75) is 30.2 Å². The third kappa shape index (κ3) is 3.26. The van der Waals surface area contributed by atoms with Gasteiger partial charge in [0.25, 0.3) is 5.79 Å². The molecule has 0 spiro atoms. The predicted molar refractivity (Wildman–Crippen MR) is 78.7 cm³/mol. The number of phenols is 2. The van der Waals surface area contributed by atoms with E-state index in [9.17, 15) is 35.4 Å². The van der Waals surface area contributed by atoms with Crippen LogP contribution in [0.5, 0.6) is 11.5 Å². The van der Waals surface area contributed by atoms with Crippen LogP contribution in [0.4, 0.5) is 0 Å². The number of phenolic OH excluding ortho intramolecular Hbond substituents is 2. The van der Waals surface area contributed by atoms with Crippen LogP contribution in [-0.2, 0) is 9.53 Å². The molecular weight excluding hydrogens is 324 g/mol. The Hall–Kier alpha value is -2.01. The van der Waals surface area contributed by atoms with Crippen LogP contribution < -0.4 is 0 Å². The number of hydrogen-bond acceptors (Lipinski definition) is 9. The topological polar surface area (TPSA) is 168 Å². The number of ketones is 1. The molecule has 0 unspecified atom stereocenters. The summed E-state index contributed by atoms with van der Waals surface area (Å²) >= 11 is 0. The van der Waals surface area contributed by atoms with Gasteiger partial charge in [-0.2, -0.15) is 0 Å². The van der Waals surface area contributed by atoms with E-state index in [1.54, 1.807) is 0 Å². The van der Waals surface area contributed by atoms with E-state index in [-0.39, 0.29) is 5.75 Å². The maximum Gasteiger partial charge on any atom is 0.260 e. The summed E-state index contributed by atoms with van der Waals surface area (Å²) in [6.07, 6.45) is -5.20. The fourth-order valence-corrected chi connectivity index (χ4v) is 2.29. The maximum absolute atomic E-state index is 12.2. The van der Waals surface area contributed by atoms with Gasteiger partial charge < -0.3 is 40.5 Å². The Kier molecular flexibility index (Phi) is 5.23. The summed E-state index contributed by atoms with van der Waals surface area (Å²) < 4.78 is 4.87. The minimum Gasteiger partial charge on any atom is -0.504 e. The summed E-state index contributed by atoms with van der Waals surface area (Å²) in [5.41, 5.74) is 0.298. The second-order valence-corrected chi connectivity index (χ2v) is 5.41. The molecule has 0 radical (unpaired) electrons. The summed E-state index contributed by atoms with van der Waals surface area (Å²) in [6, 6.07) is 3.70. The second kappa shape index (κ2) is 6.85. The molecule has 5 atom stereocenters. The van der Waals surface area contributed by atoms with Gasteiger partial charge in [-0.25, -0.2) is 0 Å². The molecule has 1 fully saturated rings. The van der Waals surface area contributed by atoms with Gasteiger partial charge in [-0.05, 0) is 23.8 Å². The standard InChI is InChI=1S/C15H18O9/c16-6-10-12(20)13(21)14(22)15(23,24-10)11(19)4-2-7-1-3-8(17)9(18)5-7/h1-5,10,12-14,16-18,20-23H,6H2/t10-,12-,13+,14-,15-/m1/s1. The lowest BCUT2D eigenvalue weighted by Crippen LogP contribution is -2.67. The molecule has 9 nitrogen and oxygen atoms in total.